The van der Waals surface area contributed by atoms with Gasteiger partial charge in [-0.15, -0.1) is 11.3 Å². The zero-order chi connectivity index (χ0) is 24.9. The van der Waals surface area contributed by atoms with E-state index in [1.54, 1.807) is 19.2 Å². The fraction of sp³-hybridized carbons (Fsp3) is 0.222. The van der Waals surface area contributed by atoms with E-state index in [2.05, 4.69) is 9.97 Å². The number of carbonyl (C=O) groups excluding carboxylic acids is 2. The second-order valence-corrected chi connectivity index (χ2v) is 10.4. The number of benzene rings is 2. The van der Waals surface area contributed by atoms with Crippen molar-refractivity contribution in [1.29, 1.82) is 0 Å². The molecule has 2 N–H and O–H groups in total. The quantitative estimate of drug-likeness (QED) is 0.223. The van der Waals surface area contributed by atoms with Gasteiger partial charge in [-0.2, -0.15) is 0 Å². The summed E-state index contributed by atoms with van der Waals surface area (Å²) in [6, 6.07) is 15.6. The first kappa shape index (κ1) is 22.9. The Morgan fingerprint density at radius 2 is 1.89 bits per heavy atom. The second-order valence-electron chi connectivity index (χ2n) is 9.43. The lowest BCUT2D eigenvalue weighted by Crippen LogP contribution is -2.30. The minimum atomic E-state index is -0.809. The number of aromatic amines is 1. The number of imidazole rings is 1. The molecule has 0 aliphatic carbocycles. The summed E-state index contributed by atoms with van der Waals surface area (Å²) in [6.45, 7) is 6.13. The number of amides is 1. The summed E-state index contributed by atoms with van der Waals surface area (Å²) in [4.78, 5) is 36.5. The van der Waals surface area contributed by atoms with Gasteiger partial charge in [0.1, 0.15) is 17.6 Å². The number of rotatable bonds is 4. The molecular formula is C27H25N3O4S. The van der Waals surface area contributed by atoms with Crippen LogP contribution in [-0.4, -0.2) is 33.9 Å². The summed E-state index contributed by atoms with van der Waals surface area (Å²) < 4.78 is 5.52. The number of aliphatic hydroxyl groups is 1. The average Bonchev–Trinajstić information content (AvgIpc) is 3.56. The van der Waals surface area contributed by atoms with E-state index < -0.39 is 17.7 Å². The lowest BCUT2D eigenvalue weighted by atomic mass is 9.84. The minimum Gasteiger partial charge on any atom is -0.507 e. The third-order valence-electron chi connectivity index (χ3n) is 6.14. The molecule has 0 spiro atoms. The summed E-state index contributed by atoms with van der Waals surface area (Å²) in [5.74, 6) is -0.779. The Balaban J connectivity index is 1.71. The molecule has 4 aromatic rings. The molecule has 5 rings (SSSR count). The van der Waals surface area contributed by atoms with Gasteiger partial charge < -0.3 is 14.8 Å². The van der Waals surface area contributed by atoms with Crippen LogP contribution in [0.2, 0.25) is 0 Å². The molecule has 1 fully saturated rings. The molecule has 2 aromatic heterocycles. The molecule has 1 atom stereocenters. The van der Waals surface area contributed by atoms with Crippen molar-refractivity contribution in [2.24, 2.45) is 0 Å². The lowest BCUT2D eigenvalue weighted by molar-refractivity contribution is -0.132. The van der Waals surface area contributed by atoms with Crippen molar-refractivity contribution < 1.29 is 19.4 Å². The zero-order valence-electron chi connectivity index (χ0n) is 19.8. The van der Waals surface area contributed by atoms with Crippen molar-refractivity contribution in [3.05, 3.63) is 81.6 Å². The van der Waals surface area contributed by atoms with Gasteiger partial charge in [0, 0.05) is 16.0 Å². The van der Waals surface area contributed by atoms with Gasteiger partial charge in [0.15, 0.2) is 0 Å². The molecule has 1 amide bonds. The molecule has 0 radical (unpaired) electrons. The van der Waals surface area contributed by atoms with E-state index in [1.807, 2.05) is 68.6 Å². The summed E-state index contributed by atoms with van der Waals surface area (Å²) in [7, 11) is 1.60. The second kappa shape index (κ2) is 8.39. The first-order chi connectivity index (χ1) is 16.7. The highest BCUT2D eigenvalue weighted by atomic mass is 32.1. The highest BCUT2D eigenvalue weighted by Crippen LogP contribution is 2.44. The highest BCUT2D eigenvalue weighted by Gasteiger charge is 2.48. The number of ether oxygens (including phenoxy) is 1. The van der Waals surface area contributed by atoms with Gasteiger partial charge in [-0.3, -0.25) is 14.5 Å². The molecule has 2 aromatic carbocycles. The number of carbonyl (C=O) groups is 2. The summed E-state index contributed by atoms with van der Waals surface area (Å²) in [5.41, 5.74) is 2.51. The molecule has 0 saturated carbocycles. The van der Waals surface area contributed by atoms with Crippen LogP contribution in [0.15, 0.2) is 65.6 Å². The lowest BCUT2D eigenvalue weighted by Gasteiger charge is -2.24. The molecule has 7 nitrogen and oxygen atoms in total. The van der Waals surface area contributed by atoms with Crippen LogP contribution >= 0.6 is 11.3 Å². The number of hydrogen-bond acceptors (Lipinski definition) is 6. The van der Waals surface area contributed by atoms with E-state index in [1.165, 1.54) is 16.2 Å². The molecule has 0 bridgehead atoms. The molecule has 1 unspecified atom stereocenters. The Morgan fingerprint density at radius 1 is 1.11 bits per heavy atom. The van der Waals surface area contributed by atoms with Crippen LogP contribution in [0, 0.1) is 0 Å². The van der Waals surface area contributed by atoms with Gasteiger partial charge in [-0.25, -0.2) is 4.98 Å². The maximum atomic E-state index is 13.4. The summed E-state index contributed by atoms with van der Waals surface area (Å²) >= 11 is 1.41. The minimum absolute atomic E-state index is 0.0305. The van der Waals surface area contributed by atoms with E-state index in [9.17, 15) is 14.7 Å². The van der Waals surface area contributed by atoms with Crippen molar-refractivity contribution in [2.75, 3.05) is 12.0 Å². The topological polar surface area (TPSA) is 95.5 Å². The number of aromatic nitrogens is 2. The van der Waals surface area contributed by atoms with Crippen molar-refractivity contribution in [3.8, 4) is 5.75 Å². The van der Waals surface area contributed by atoms with Crippen LogP contribution in [0.3, 0.4) is 0 Å². The van der Waals surface area contributed by atoms with Crippen molar-refractivity contribution in [2.45, 2.75) is 32.2 Å². The normalized spacial score (nSPS) is 17.9. The largest absolute Gasteiger partial charge is 0.507 e. The Hall–Kier alpha value is -3.91. The van der Waals surface area contributed by atoms with E-state index in [4.69, 9.17) is 4.74 Å². The van der Waals surface area contributed by atoms with Crippen LogP contribution < -0.4 is 9.64 Å². The monoisotopic (exact) mass is 487 g/mol. The summed E-state index contributed by atoms with van der Waals surface area (Å²) in [6.07, 6.45) is 0. The number of aliphatic hydroxyl groups excluding tert-OH is 1. The van der Waals surface area contributed by atoms with Crippen LogP contribution in [-0.2, 0) is 15.0 Å². The van der Waals surface area contributed by atoms with Crippen LogP contribution in [0.5, 0.6) is 5.75 Å². The SMILES string of the molecule is COc1ccc(/C(O)=C2\C(=O)C(=O)N(c3nc4ccccc4[nH]3)C2c2cccs2)cc1C(C)(C)C. The van der Waals surface area contributed by atoms with Crippen LogP contribution in [0.4, 0.5) is 5.95 Å². The van der Waals surface area contributed by atoms with Gasteiger partial charge >= 0.3 is 5.91 Å². The Kier molecular flexibility index (Phi) is 5.48. The number of nitrogens with zero attached hydrogens (tertiary/aromatic N) is 2. The zero-order valence-corrected chi connectivity index (χ0v) is 20.6. The molecule has 1 aliphatic rings. The first-order valence-corrected chi connectivity index (χ1v) is 12.1. The fourth-order valence-electron chi connectivity index (χ4n) is 4.42. The maximum Gasteiger partial charge on any atom is 0.302 e. The Labute approximate surface area is 206 Å². The van der Waals surface area contributed by atoms with Crippen molar-refractivity contribution >= 4 is 45.8 Å². The number of H-pyrrole nitrogens is 1. The number of thiophene rings is 1. The number of para-hydroxylation sites is 2. The third-order valence-corrected chi connectivity index (χ3v) is 7.07. The number of methoxy groups -OCH3 is 1. The Bertz CT molecular complexity index is 1440. The van der Waals surface area contributed by atoms with E-state index >= 15 is 0 Å². The molecule has 1 saturated heterocycles. The number of ketones is 1. The smallest absolute Gasteiger partial charge is 0.302 e. The van der Waals surface area contributed by atoms with Crippen LogP contribution in [0.1, 0.15) is 42.8 Å². The highest BCUT2D eigenvalue weighted by molar-refractivity contribution is 7.10. The van der Waals surface area contributed by atoms with Crippen molar-refractivity contribution in [1.82, 2.24) is 9.97 Å². The number of anilines is 1. The van der Waals surface area contributed by atoms with E-state index in [-0.39, 0.29) is 22.7 Å². The third kappa shape index (κ3) is 3.80. The molecule has 35 heavy (non-hydrogen) atoms. The predicted octanol–water partition coefficient (Wildman–Crippen LogP) is 5.56. The number of hydrogen-bond donors (Lipinski definition) is 2. The van der Waals surface area contributed by atoms with E-state index in [0.717, 1.165) is 16.0 Å². The number of nitrogens with one attached hydrogen (secondary N) is 1. The van der Waals surface area contributed by atoms with Gasteiger partial charge in [-0.1, -0.05) is 39.0 Å². The molecule has 3 heterocycles. The predicted molar refractivity (Wildman–Crippen MR) is 137 cm³/mol. The number of Topliss-reactive ketones (excluding diaryl/α,β-unsaturated/α-hetero) is 1. The summed E-state index contributed by atoms with van der Waals surface area (Å²) in [5, 5.41) is 13.3. The Morgan fingerprint density at radius 3 is 2.54 bits per heavy atom. The van der Waals surface area contributed by atoms with E-state index in [0.29, 0.717) is 16.8 Å². The fourth-order valence-corrected chi connectivity index (χ4v) is 5.24. The molecule has 1 aliphatic heterocycles. The maximum absolute atomic E-state index is 13.4. The average molecular weight is 488 g/mol. The van der Waals surface area contributed by atoms with Gasteiger partial charge in [-0.05, 0) is 47.2 Å². The van der Waals surface area contributed by atoms with Gasteiger partial charge in [0.05, 0.1) is 23.7 Å². The first-order valence-electron chi connectivity index (χ1n) is 11.2. The van der Waals surface area contributed by atoms with Crippen molar-refractivity contribution in [3.63, 3.8) is 0 Å². The molecular weight excluding hydrogens is 462 g/mol. The van der Waals surface area contributed by atoms with Crippen LogP contribution in [0.25, 0.3) is 16.8 Å². The molecule has 8 heteroatoms. The molecule has 178 valence electrons. The standard InChI is InChI=1S/C27H25N3O4S/c1-27(2,3)16-14-15(11-12-19(16)34-4)23(31)21-22(20-10-7-13-35-20)30(25(33)24(21)32)26-28-17-8-5-6-9-18(17)29-26/h5-14,22,31H,1-4H3,(H,28,29)/b23-21+. The van der Waals surface area contributed by atoms with Gasteiger partial charge in [0.25, 0.3) is 5.78 Å². The van der Waals surface area contributed by atoms with Gasteiger partial charge in [0.2, 0.25) is 5.95 Å². The number of fused-ring (bicyclic) bond motifs is 1.